The van der Waals surface area contributed by atoms with Crippen LogP contribution in [0.2, 0.25) is 0 Å². The molecular weight excluding hydrogens is 444 g/mol. The van der Waals surface area contributed by atoms with Gasteiger partial charge in [-0.1, -0.05) is 24.3 Å². The Kier molecular flexibility index (Phi) is 6.88. The molecule has 2 amide bonds. The number of aromatic amines is 1. The Hall–Kier alpha value is -3.17. The Morgan fingerprint density at radius 1 is 1.11 bits per heavy atom. The highest BCUT2D eigenvalue weighted by Gasteiger charge is 2.34. The lowest BCUT2D eigenvalue weighted by atomic mass is 10.0. The van der Waals surface area contributed by atoms with E-state index in [9.17, 15) is 9.59 Å². The number of ether oxygens (including phenoxy) is 1. The highest BCUT2D eigenvalue weighted by atomic mass is 16.5. The van der Waals surface area contributed by atoms with Gasteiger partial charge < -0.3 is 24.8 Å². The number of anilines is 1. The van der Waals surface area contributed by atoms with Crippen molar-refractivity contribution in [3.63, 3.8) is 0 Å². The van der Waals surface area contributed by atoms with Gasteiger partial charge in [-0.25, -0.2) is 0 Å². The first-order chi connectivity index (χ1) is 17.0. The van der Waals surface area contributed by atoms with Gasteiger partial charge in [-0.15, -0.1) is 0 Å². The highest BCUT2D eigenvalue weighted by Crippen LogP contribution is 2.30. The van der Waals surface area contributed by atoms with Crippen molar-refractivity contribution in [2.75, 3.05) is 45.7 Å². The SMILES string of the molecule is CO[C@@H](C(=O)N1Cc2[nH]nc(NC(=O)C3=CC=C(N4CCN(C)CC4)CC3)c2C1)C1=CCCC=C1. The lowest BCUT2D eigenvalue weighted by molar-refractivity contribution is -0.140. The molecule has 9 nitrogen and oxygen atoms in total. The topological polar surface area (TPSA) is 93.8 Å². The molecule has 0 radical (unpaired) electrons. The number of nitrogens with zero attached hydrogens (tertiary/aromatic N) is 4. The zero-order valence-corrected chi connectivity index (χ0v) is 20.5. The van der Waals surface area contributed by atoms with Crippen molar-refractivity contribution in [1.29, 1.82) is 0 Å². The van der Waals surface area contributed by atoms with E-state index in [1.807, 2.05) is 12.2 Å². The Balaban J connectivity index is 1.21. The number of likely N-dealkylation sites (N-methyl/N-ethyl adjacent to an activating group) is 1. The molecule has 186 valence electrons. The van der Waals surface area contributed by atoms with Crippen molar-refractivity contribution in [1.82, 2.24) is 24.9 Å². The first-order valence-electron chi connectivity index (χ1n) is 12.4. The van der Waals surface area contributed by atoms with Crippen LogP contribution in [0.4, 0.5) is 5.82 Å². The van der Waals surface area contributed by atoms with Gasteiger partial charge in [-0.2, -0.15) is 5.10 Å². The van der Waals surface area contributed by atoms with Crippen LogP contribution in [0.3, 0.4) is 0 Å². The number of carbonyl (C=O) groups is 2. The van der Waals surface area contributed by atoms with Crippen LogP contribution in [0.15, 0.2) is 47.2 Å². The molecule has 1 aromatic heterocycles. The third-order valence-electron chi connectivity index (χ3n) is 7.31. The summed E-state index contributed by atoms with van der Waals surface area (Å²) in [6, 6.07) is 0. The summed E-state index contributed by atoms with van der Waals surface area (Å²) in [5.41, 5.74) is 4.67. The summed E-state index contributed by atoms with van der Waals surface area (Å²) in [5, 5.41) is 10.3. The second-order valence-electron chi connectivity index (χ2n) is 9.62. The number of allylic oxidation sites excluding steroid dienone is 5. The quantitative estimate of drug-likeness (QED) is 0.652. The number of hydrogen-bond acceptors (Lipinski definition) is 6. The molecule has 0 bridgehead atoms. The fraction of sp³-hybridized carbons (Fsp3) is 0.500. The van der Waals surface area contributed by atoms with E-state index < -0.39 is 6.10 Å². The van der Waals surface area contributed by atoms with Crippen molar-refractivity contribution in [2.45, 2.75) is 44.9 Å². The van der Waals surface area contributed by atoms with Crippen LogP contribution in [0, 0.1) is 0 Å². The molecule has 2 aliphatic carbocycles. The smallest absolute Gasteiger partial charge is 0.256 e. The van der Waals surface area contributed by atoms with Crippen molar-refractivity contribution < 1.29 is 14.3 Å². The van der Waals surface area contributed by atoms with Gasteiger partial charge in [0.15, 0.2) is 11.9 Å². The normalized spacial score (nSPS) is 21.3. The molecule has 0 aromatic carbocycles. The lowest BCUT2D eigenvalue weighted by Crippen LogP contribution is -2.44. The number of hydrogen-bond donors (Lipinski definition) is 2. The summed E-state index contributed by atoms with van der Waals surface area (Å²) < 4.78 is 5.55. The number of fused-ring (bicyclic) bond motifs is 1. The van der Waals surface area contributed by atoms with E-state index >= 15 is 0 Å². The van der Waals surface area contributed by atoms with E-state index in [1.165, 1.54) is 5.70 Å². The van der Waals surface area contributed by atoms with Gasteiger partial charge in [0, 0.05) is 50.1 Å². The molecule has 1 atom stereocenters. The number of amides is 2. The number of carbonyl (C=O) groups excluding carboxylic acids is 2. The van der Waals surface area contributed by atoms with E-state index in [-0.39, 0.29) is 11.8 Å². The van der Waals surface area contributed by atoms with Crippen LogP contribution < -0.4 is 5.32 Å². The summed E-state index contributed by atoms with van der Waals surface area (Å²) in [6.45, 7) is 5.01. The molecule has 1 saturated heterocycles. The number of methoxy groups -OCH3 is 1. The van der Waals surface area contributed by atoms with E-state index in [0.717, 1.165) is 67.8 Å². The maximum atomic E-state index is 13.2. The first kappa shape index (κ1) is 23.6. The maximum absolute atomic E-state index is 13.2. The predicted molar refractivity (Wildman–Crippen MR) is 133 cm³/mol. The average Bonchev–Trinajstić information content (AvgIpc) is 3.48. The van der Waals surface area contributed by atoms with E-state index in [1.54, 1.807) is 12.0 Å². The molecule has 1 fully saturated rings. The molecule has 1 aromatic rings. The zero-order valence-electron chi connectivity index (χ0n) is 20.5. The first-order valence-corrected chi connectivity index (χ1v) is 12.4. The molecule has 35 heavy (non-hydrogen) atoms. The van der Waals surface area contributed by atoms with Gasteiger partial charge in [-0.3, -0.25) is 14.7 Å². The number of rotatable bonds is 6. The van der Waals surface area contributed by atoms with Gasteiger partial charge in [0.2, 0.25) is 0 Å². The third-order valence-corrected chi connectivity index (χ3v) is 7.31. The van der Waals surface area contributed by atoms with Crippen LogP contribution in [0.5, 0.6) is 0 Å². The fourth-order valence-corrected chi connectivity index (χ4v) is 5.13. The van der Waals surface area contributed by atoms with Crippen molar-refractivity contribution >= 4 is 17.6 Å². The van der Waals surface area contributed by atoms with Crippen molar-refractivity contribution in [2.24, 2.45) is 0 Å². The molecular formula is C26H34N6O3. The Labute approximate surface area is 206 Å². The minimum Gasteiger partial charge on any atom is -0.372 e. The van der Waals surface area contributed by atoms with E-state index in [4.69, 9.17) is 4.74 Å². The van der Waals surface area contributed by atoms with Crippen LogP contribution in [-0.2, 0) is 27.4 Å². The Morgan fingerprint density at radius 3 is 2.63 bits per heavy atom. The number of aromatic nitrogens is 2. The molecule has 9 heteroatoms. The van der Waals surface area contributed by atoms with Crippen LogP contribution in [0.25, 0.3) is 0 Å². The molecule has 0 unspecified atom stereocenters. The summed E-state index contributed by atoms with van der Waals surface area (Å²) in [6.07, 6.45) is 13.0. The minimum absolute atomic E-state index is 0.0799. The predicted octanol–water partition coefficient (Wildman–Crippen LogP) is 2.33. The third kappa shape index (κ3) is 4.97. The monoisotopic (exact) mass is 478 g/mol. The van der Waals surface area contributed by atoms with Crippen molar-refractivity contribution in [3.8, 4) is 0 Å². The molecule has 3 heterocycles. The molecule has 0 saturated carbocycles. The van der Waals surface area contributed by atoms with Crippen LogP contribution >= 0.6 is 0 Å². The number of nitrogens with one attached hydrogen (secondary N) is 2. The maximum Gasteiger partial charge on any atom is 0.256 e. The van der Waals surface area contributed by atoms with Gasteiger partial charge in [0.05, 0.1) is 18.8 Å². The van der Waals surface area contributed by atoms with E-state index in [2.05, 4.69) is 50.6 Å². The minimum atomic E-state index is -0.616. The average molecular weight is 479 g/mol. The van der Waals surface area contributed by atoms with Gasteiger partial charge in [0.25, 0.3) is 11.8 Å². The Morgan fingerprint density at radius 2 is 1.94 bits per heavy atom. The standard InChI is InChI=1S/C26H34N6O3/c1-30-12-14-31(15-13-30)20-10-8-19(9-11-20)25(33)27-24-21-16-32(17-22(21)28-29-24)26(34)23(35-2)18-6-4-3-5-7-18/h4,6-8,10,23H,3,5,9,11-17H2,1-2H3,(H2,27,28,29,33)/t23-/m1/s1. The van der Waals surface area contributed by atoms with Crippen LogP contribution in [0.1, 0.15) is 36.9 Å². The molecule has 5 rings (SSSR count). The summed E-state index contributed by atoms with van der Waals surface area (Å²) in [4.78, 5) is 32.7. The van der Waals surface area contributed by atoms with Crippen molar-refractivity contribution in [3.05, 3.63) is 58.5 Å². The summed E-state index contributed by atoms with van der Waals surface area (Å²) >= 11 is 0. The molecule has 4 aliphatic rings. The van der Waals surface area contributed by atoms with Gasteiger partial charge >= 0.3 is 0 Å². The van der Waals surface area contributed by atoms with E-state index in [0.29, 0.717) is 25.3 Å². The van der Waals surface area contributed by atoms with Crippen LogP contribution in [-0.4, -0.2) is 83.2 Å². The zero-order chi connectivity index (χ0) is 24.4. The van der Waals surface area contributed by atoms with Gasteiger partial charge in [0.1, 0.15) is 0 Å². The molecule has 2 aliphatic heterocycles. The molecule has 0 spiro atoms. The summed E-state index contributed by atoms with van der Waals surface area (Å²) in [7, 11) is 3.72. The molecule has 2 N–H and O–H groups in total. The number of H-pyrrole nitrogens is 1. The largest absolute Gasteiger partial charge is 0.372 e. The second kappa shape index (κ2) is 10.2. The fourth-order valence-electron chi connectivity index (χ4n) is 5.13. The Bertz CT molecular complexity index is 1110. The second-order valence-corrected chi connectivity index (χ2v) is 9.62. The lowest BCUT2D eigenvalue weighted by Gasteiger charge is -2.36. The van der Waals surface area contributed by atoms with Gasteiger partial charge in [-0.05, 0) is 44.4 Å². The highest BCUT2D eigenvalue weighted by molar-refractivity contribution is 6.04. The summed E-state index contributed by atoms with van der Waals surface area (Å²) in [5.74, 6) is 0.287. The number of piperazine rings is 1.